The number of benzene rings is 2. The van der Waals surface area contributed by atoms with Gasteiger partial charge in [0.2, 0.25) is 0 Å². The molecule has 4 N–H and O–H groups in total. The normalized spacial score (nSPS) is 24.5. The highest BCUT2D eigenvalue weighted by molar-refractivity contribution is 6.56. The van der Waals surface area contributed by atoms with Crippen molar-refractivity contribution in [3.63, 3.8) is 0 Å². The van der Waals surface area contributed by atoms with Crippen molar-refractivity contribution < 1.29 is 49.1 Å². The van der Waals surface area contributed by atoms with E-state index >= 15 is 0 Å². The molecule has 0 fully saturated rings. The first-order chi connectivity index (χ1) is 20.0. The Morgan fingerprint density at radius 3 is 1.26 bits per heavy atom. The minimum atomic E-state index is -2.85. The van der Waals surface area contributed by atoms with Gasteiger partial charge in [0.1, 0.15) is 50.2 Å². The molecule has 0 bridgehead atoms. The van der Waals surface area contributed by atoms with Crippen LogP contribution in [0.15, 0.2) is 119 Å². The summed E-state index contributed by atoms with van der Waals surface area (Å²) in [5.41, 5.74) is -6.63. The van der Waals surface area contributed by atoms with Crippen molar-refractivity contribution in [3.8, 4) is 11.5 Å². The molecule has 0 radical (unpaired) electrons. The van der Waals surface area contributed by atoms with Crippen molar-refractivity contribution in [1.82, 2.24) is 0 Å². The van der Waals surface area contributed by atoms with Crippen molar-refractivity contribution >= 4 is 47.1 Å². The number of carbonyl (C=O) groups is 4. The van der Waals surface area contributed by atoms with Gasteiger partial charge in [-0.2, -0.15) is 0 Å². The molecule has 4 unspecified atom stereocenters. The number of allylic oxidation sites excluding steroid dienone is 4. The van der Waals surface area contributed by atoms with Crippen LogP contribution in [0.2, 0.25) is 0 Å². The standard InChI is InChI=1S/C30H22Cl2O10/c31-24(32)23(29(27(37)38)15-7-13-19(21(29)25(33)34)41-17-9-3-1-4-10-17)30(28(39)40)16-8-14-20(22(30)26(35)36)42-18-11-5-2-6-12-18/h1-16,21-22H,(H,33,34)(H,35,36)(H,37,38)(H,39,40). The zero-order valence-electron chi connectivity index (χ0n) is 21.4. The monoisotopic (exact) mass is 612 g/mol. The number of carboxylic acid groups (broad SMARTS) is 4. The molecule has 2 aromatic carbocycles. The Labute approximate surface area is 248 Å². The Kier molecular flexibility index (Phi) is 8.60. The van der Waals surface area contributed by atoms with Crippen molar-refractivity contribution in [2.45, 2.75) is 0 Å². The molecule has 0 heterocycles. The van der Waals surface area contributed by atoms with Gasteiger partial charge in [-0.05, 0) is 36.4 Å². The first-order valence-electron chi connectivity index (χ1n) is 12.2. The molecular weight excluding hydrogens is 591 g/mol. The third-order valence-electron chi connectivity index (χ3n) is 6.89. The lowest BCUT2D eigenvalue weighted by Gasteiger charge is -2.45. The highest BCUT2D eigenvalue weighted by Crippen LogP contribution is 2.58. The zero-order valence-corrected chi connectivity index (χ0v) is 22.9. The number of halogens is 2. The number of hydrogen-bond acceptors (Lipinski definition) is 6. The van der Waals surface area contributed by atoms with Crippen molar-refractivity contribution in [2.24, 2.45) is 22.7 Å². The molecule has 4 atom stereocenters. The topological polar surface area (TPSA) is 168 Å². The fourth-order valence-corrected chi connectivity index (χ4v) is 5.83. The summed E-state index contributed by atoms with van der Waals surface area (Å²) in [7, 11) is 0. The average molecular weight is 613 g/mol. The summed E-state index contributed by atoms with van der Waals surface area (Å²) >= 11 is 12.6. The molecule has 0 spiro atoms. The maximum atomic E-state index is 13.2. The van der Waals surface area contributed by atoms with Gasteiger partial charge in [0.25, 0.3) is 0 Å². The smallest absolute Gasteiger partial charge is 0.319 e. The van der Waals surface area contributed by atoms with Crippen LogP contribution in [0.1, 0.15) is 0 Å². The largest absolute Gasteiger partial charge is 0.481 e. The number of rotatable bonds is 10. The van der Waals surface area contributed by atoms with Crippen molar-refractivity contribution in [2.75, 3.05) is 0 Å². The van der Waals surface area contributed by atoms with E-state index in [0.29, 0.717) is 0 Å². The molecule has 0 aromatic heterocycles. The van der Waals surface area contributed by atoms with E-state index in [0.717, 1.165) is 24.3 Å². The second-order valence-corrected chi connectivity index (χ2v) is 10.2. The van der Waals surface area contributed by atoms with Gasteiger partial charge in [0.15, 0.2) is 0 Å². The van der Waals surface area contributed by atoms with E-state index in [9.17, 15) is 39.6 Å². The third-order valence-corrected chi connectivity index (χ3v) is 7.27. The molecule has 2 aliphatic carbocycles. The van der Waals surface area contributed by atoms with E-state index < -0.39 is 68.1 Å². The molecule has 4 rings (SSSR count). The summed E-state index contributed by atoms with van der Waals surface area (Å²) in [6.45, 7) is 0. The highest BCUT2D eigenvalue weighted by atomic mass is 35.5. The summed E-state index contributed by atoms with van der Waals surface area (Å²) in [5.74, 6) is -12.0. The maximum Gasteiger partial charge on any atom is 0.319 e. The first-order valence-corrected chi connectivity index (χ1v) is 13.0. The van der Waals surface area contributed by atoms with Crippen LogP contribution in [0, 0.1) is 22.7 Å². The molecule has 0 aliphatic heterocycles. The van der Waals surface area contributed by atoms with E-state index in [-0.39, 0.29) is 11.5 Å². The van der Waals surface area contributed by atoms with Crippen LogP contribution in [-0.2, 0) is 19.2 Å². The maximum absolute atomic E-state index is 13.2. The summed E-state index contributed by atoms with van der Waals surface area (Å²) in [6, 6.07) is 15.7. The molecule has 42 heavy (non-hydrogen) atoms. The molecule has 216 valence electrons. The first kappa shape index (κ1) is 30.2. The molecule has 0 saturated carbocycles. The van der Waals surface area contributed by atoms with Gasteiger partial charge in [-0.25, -0.2) is 0 Å². The van der Waals surface area contributed by atoms with Gasteiger partial charge in [0, 0.05) is 5.57 Å². The fraction of sp³-hybridized carbons (Fsp3) is 0.133. The number of carboxylic acids is 4. The number of para-hydroxylation sites is 2. The molecule has 12 heteroatoms. The molecule has 2 aliphatic rings. The van der Waals surface area contributed by atoms with Crippen LogP contribution in [0.4, 0.5) is 0 Å². The van der Waals surface area contributed by atoms with E-state index in [1.165, 1.54) is 36.4 Å². The third kappa shape index (κ3) is 5.17. The van der Waals surface area contributed by atoms with Crippen LogP contribution >= 0.6 is 23.2 Å². The number of hydrogen-bond donors (Lipinski definition) is 4. The van der Waals surface area contributed by atoms with Crippen LogP contribution in [0.3, 0.4) is 0 Å². The van der Waals surface area contributed by atoms with Gasteiger partial charge < -0.3 is 29.9 Å². The van der Waals surface area contributed by atoms with E-state index in [4.69, 9.17) is 32.7 Å². The Morgan fingerprint density at radius 2 is 0.976 bits per heavy atom. The van der Waals surface area contributed by atoms with Crippen LogP contribution < -0.4 is 9.47 Å². The predicted octanol–water partition coefficient (Wildman–Crippen LogP) is 5.28. The molecule has 0 amide bonds. The van der Waals surface area contributed by atoms with Gasteiger partial charge in [-0.3, -0.25) is 19.2 Å². The van der Waals surface area contributed by atoms with Crippen molar-refractivity contribution in [3.05, 3.63) is 119 Å². The zero-order chi connectivity index (χ0) is 30.7. The van der Waals surface area contributed by atoms with E-state index in [2.05, 4.69) is 0 Å². The van der Waals surface area contributed by atoms with Gasteiger partial charge in [-0.15, -0.1) is 0 Å². The summed E-state index contributed by atoms with van der Waals surface area (Å²) < 4.78 is 10.6. The van der Waals surface area contributed by atoms with Crippen LogP contribution in [-0.4, -0.2) is 44.3 Å². The van der Waals surface area contributed by atoms with E-state index in [1.54, 1.807) is 36.4 Å². The minimum Gasteiger partial charge on any atom is -0.481 e. The summed E-state index contributed by atoms with van der Waals surface area (Å²) in [5, 5.41) is 42.2. The molecular formula is C30H22Cl2O10. The summed E-state index contributed by atoms with van der Waals surface area (Å²) in [4.78, 5) is 52.1. The average Bonchev–Trinajstić information content (AvgIpc) is 2.93. The fourth-order valence-electron chi connectivity index (χ4n) is 5.20. The van der Waals surface area contributed by atoms with Gasteiger partial charge in [0.05, 0.1) is 0 Å². The van der Waals surface area contributed by atoms with Gasteiger partial charge in [-0.1, -0.05) is 83.9 Å². The van der Waals surface area contributed by atoms with E-state index in [1.807, 2.05) is 0 Å². The SMILES string of the molecule is O=C(O)C1C(Oc2ccccc2)=CC=CC1(C(=O)O)C(=C(Cl)Cl)C1(C(=O)O)C=CC=C(Oc2ccccc2)C1C(=O)O. The summed E-state index contributed by atoms with van der Waals surface area (Å²) in [6.07, 6.45) is 6.51. The highest BCUT2D eigenvalue weighted by Gasteiger charge is 2.66. The lowest BCUT2D eigenvalue weighted by atomic mass is 9.55. The van der Waals surface area contributed by atoms with Gasteiger partial charge >= 0.3 is 23.9 Å². The lowest BCUT2D eigenvalue weighted by Crippen LogP contribution is -2.55. The molecule has 0 saturated heterocycles. The van der Waals surface area contributed by atoms with Crippen molar-refractivity contribution in [1.29, 1.82) is 0 Å². The Bertz CT molecular complexity index is 1460. The lowest BCUT2D eigenvalue weighted by molar-refractivity contribution is -0.162. The molecule has 10 nitrogen and oxygen atoms in total. The number of ether oxygens (including phenoxy) is 2. The Hall–Kier alpha value is -4.80. The minimum absolute atomic E-state index is 0.155. The second kappa shape index (κ2) is 12.0. The Morgan fingerprint density at radius 1 is 0.619 bits per heavy atom. The Balaban J connectivity index is 1.98. The van der Waals surface area contributed by atoms with Crippen LogP contribution in [0.25, 0.3) is 0 Å². The second-order valence-electron chi connectivity index (χ2n) is 9.21. The quantitative estimate of drug-likeness (QED) is 0.277. The molecule has 2 aromatic rings. The number of aliphatic carboxylic acids is 4. The predicted molar refractivity (Wildman–Crippen MR) is 150 cm³/mol. The van der Waals surface area contributed by atoms with Crippen LogP contribution in [0.5, 0.6) is 11.5 Å².